The van der Waals surface area contributed by atoms with E-state index in [0.29, 0.717) is 6.04 Å². The van der Waals surface area contributed by atoms with E-state index in [9.17, 15) is 0 Å². The monoisotopic (exact) mass is 179 g/mol. The third-order valence-electron chi connectivity index (χ3n) is 2.75. The molecule has 72 valence electrons. The summed E-state index contributed by atoms with van der Waals surface area (Å²) >= 11 is 0. The number of rotatable bonds is 2. The van der Waals surface area contributed by atoms with E-state index < -0.39 is 0 Å². The van der Waals surface area contributed by atoms with E-state index in [1.165, 1.54) is 5.69 Å². The maximum atomic E-state index is 5.84. The minimum absolute atomic E-state index is 0.389. The van der Waals surface area contributed by atoms with Crippen molar-refractivity contribution in [2.24, 2.45) is 12.8 Å². The Balaban J connectivity index is 1.95. The van der Waals surface area contributed by atoms with E-state index in [1.54, 1.807) is 0 Å². The molecule has 0 aromatic carbocycles. The second-order valence-electron chi connectivity index (χ2n) is 3.89. The third-order valence-corrected chi connectivity index (χ3v) is 2.75. The number of hydrogen-bond donors (Lipinski definition) is 1. The number of aromatic nitrogens is 1. The first-order valence-electron chi connectivity index (χ1n) is 4.84. The molecule has 1 fully saturated rings. The van der Waals surface area contributed by atoms with Crippen LogP contribution in [0.3, 0.4) is 0 Å². The van der Waals surface area contributed by atoms with Crippen LogP contribution in [0.1, 0.15) is 12.1 Å². The van der Waals surface area contributed by atoms with Gasteiger partial charge in [-0.3, -0.25) is 4.90 Å². The van der Waals surface area contributed by atoms with Gasteiger partial charge in [0.2, 0.25) is 0 Å². The molecule has 2 heterocycles. The van der Waals surface area contributed by atoms with Crippen molar-refractivity contribution >= 4 is 0 Å². The minimum atomic E-state index is 0.389. The molecule has 13 heavy (non-hydrogen) atoms. The van der Waals surface area contributed by atoms with Crippen LogP contribution >= 0.6 is 0 Å². The van der Waals surface area contributed by atoms with Crippen molar-refractivity contribution in [3.8, 4) is 0 Å². The van der Waals surface area contributed by atoms with Gasteiger partial charge in [-0.25, -0.2) is 0 Å². The van der Waals surface area contributed by atoms with Gasteiger partial charge in [0, 0.05) is 44.6 Å². The Morgan fingerprint density at radius 3 is 3.00 bits per heavy atom. The van der Waals surface area contributed by atoms with Crippen molar-refractivity contribution in [2.45, 2.75) is 19.0 Å². The van der Waals surface area contributed by atoms with Crippen LogP contribution in [0, 0.1) is 0 Å². The van der Waals surface area contributed by atoms with E-state index in [2.05, 4.69) is 34.8 Å². The summed E-state index contributed by atoms with van der Waals surface area (Å²) in [7, 11) is 2.09. The second kappa shape index (κ2) is 3.52. The standard InChI is InChI=1S/C10H17N3/c1-12-5-2-3-10(12)8-13-6-4-9(11)7-13/h2-3,5,9H,4,6-8,11H2,1H3/t9-/m1/s1. The molecule has 0 radical (unpaired) electrons. The van der Waals surface area contributed by atoms with Gasteiger partial charge in [0.1, 0.15) is 0 Å². The average Bonchev–Trinajstić information content (AvgIpc) is 2.64. The molecule has 0 amide bonds. The molecule has 2 N–H and O–H groups in total. The highest BCUT2D eigenvalue weighted by Crippen LogP contribution is 2.11. The van der Waals surface area contributed by atoms with Crippen molar-refractivity contribution in [2.75, 3.05) is 13.1 Å². The molecule has 1 aliphatic rings. The molecular formula is C10H17N3. The SMILES string of the molecule is Cn1cccc1CN1CC[C@@H](N)C1. The average molecular weight is 179 g/mol. The molecule has 0 aliphatic carbocycles. The molecule has 1 aromatic heterocycles. The number of nitrogens with two attached hydrogens (primary N) is 1. The molecule has 1 atom stereocenters. The van der Waals surface area contributed by atoms with Crippen molar-refractivity contribution in [1.82, 2.24) is 9.47 Å². The summed E-state index contributed by atoms with van der Waals surface area (Å²) in [6.45, 7) is 3.23. The van der Waals surface area contributed by atoms with Gasteiger partial charge in [0.25, 0.3) is 0 Å². The molecule has 0 saturated carbocycles. The van der Waals surface area contributed by atoms with E-state index in [4.69, 9.17) is 5.73 Å². The maximum Gasteiger partial charge on any atom is 0.0387 e. The molecule has 0 spiro atoms. The lowest BCUT2D eigenvalue weighted by Crippen LogP contribution is -2.26. The zero-order valence-corrected chi connectivity index (χ0v) is 8.11. The number of nitrogens with zero attached hydrogens (tertiary/aromatic N) is 2. The predicted molar refractivity (Wildman–Crippen MR) is 53.3 cm³/mol. The van der Waals surface area contributed by atoms with Crippen LogP contribution in [-0.4, -0.2) is 28.6 Å². The van der Waals surface area contributed by atoms with Crippen molar-refractivity contribution < 1.29 is 0 Å². The fourth-order valence-electron chi connectivity index (χ4n) is 1.90. The van der Waals surface area contributed by atoms with Gasteiger partial charge >= 0.3 is 0 Å². The Morgan fingerprint density at radius 2 is 2.46 bits per heavy atom. The summed E-state index contributed by atoms with van der Waals surface area (Å²) in [6, 6.07) is 4.65. The van der Waals surface area contributed by atoms with Gasteiger partial charge in [-0.05, 0) is 18.6 Å². The Bertz CT molecular complexity index is 279. The fraction of sp³-hybridized carbons (Fsp3) is 0.600. The van der Waals surface area contributed by atoms with Crippen LogP contribution in [-0.2, 0) is 13.6 Å². The van der Waals surface area contributed by atoms with E-state index in [0.717, 1.165) is 26.1 Å². The molecule has 3 heteroatoms. The highest BCUT2D eigenvalue weighted by Gasteiger charge is 2.19. The molecule has 2 rings (SSSR count). The molecule has 1 saturated heterocycles. The highest BCUT2D eigenvalue weighted by atomic mass is 15.2. The van der Waals surface area contributed by atoms with Crippen LogP contribution < -0.4 is 5.73 Å². The summed E-state index contributed by atoms with van der Waals surface area (Å²) < 4.78 is 2.17. The number of aryl methyl sites for hydroxylation is 1. The van der Waals surface area contributed by atoms with Crippen LogP contribution in [0.4, 0.5) is 0 Å². The second-order valence-corrected chi connectivity index (χ2v) is 3.89. The number of likely N-dealkylation sites (tertiary alicyclic amines) is 1. The van der Waals surface area contributed by atoms with Gasteiger partial charge in [0.15, 0.2) is 0 Å². The summed E-state index contributed by atoms with van der Waals surface area (Å²) in [5.74, 6) is 0. The molecule has 0 unspecified atom stereocenters. The first-order chi connectivity index (χ1) is 6.25. The maximum absolute atomic E-state index is 5.84. The molecular weight excluding hydrogens is 162 g/mol. The van der Waals surface area contributed by atoms with Crippen molar-refractivity contribution in [3.05, 3.63) is 24.0 Å². The lowest BCUT2D eigenvalue weighted by atomic mass is 10.3. The normalized spacial score (nSPS) is 24.0. The lowest BCUT2D eigenvalue weighted by molar-refractivity contribution is 0.319. The summed E-state index contributed by atoms with van der Waals surface area (Å²) in [4.78, 5) is 2.42. The first-order valence-corrected chi connectivity index (χ1v) is 4.84. The summed E-state index contributed by atoms with van der Waals surface area (Å²) in [5.41, 5.74) is 7.21. The molecule has 1 aromatic rings. The minimum Gasteiger partial charge on any atom is -0.353 e. The Kier molecular flexibility index (Phi) is 2.38. The van der Waals surface area contributed by atoms with E-state index >= 15 is 0 Å². The third kappa shape index (κ3) is 1.92. The van der Waals surface area contributed by atoms with Gasteiger partial charge in [-0.1, -0.05) is 0 Å². The van der Waals surface area contributed by atoms with E-state index in [-0.39, 0.29) is 0 Å². The lowest BCUT2D eigenvalue weighted by Gasteiger charge is -2.15. The van der Waals surface area contributed by atoms with Gasteiger partial charge < -0.3 is 10.3 Å². The fourth-order valence-corrected chi connectivity index (χ4v) is 1.90. The highest BCUT2D eigenvalue weighted by molar-refractivity contribution is 5.06. The Hall–Kier alpha value is -0.800. The topological polar surface area (TPSA) is 34.2 Å². The summed E-state index contributed by atoms with van der Waals surface area (Å²) in [6.07, 6.45) is 3.23. The molecule has 0 bridgehead atoms. The van der Waals surface area contributed by atoms with Gasteiger partial charge in [0.05, 0.1) is 0 Å². The first kappa shape index (κ1) is 8.78. The molecule has 1 aliphatic heterocycles. The largest absolute Gasteiger partial charge is 0.353 e. The Labute approximate surface area is 79.1 Å². The van der Waals surface area contributed by atoms with Crippen molar-refractivity contribution in [1.29, 1.82) is 0 Å². The summed E-state index contributed by atoms with van der Waals surface area (Å²) in [5, 5.41) is 0. The van der Waals surface area contributed by atoms with Crippen LogP contribution in [0.5, 0.6) is 0 Å². The van der Waals surface area contributed by atoms with E-state index in [1.807, 2.05) is 0 Å². The Morgan fingerprint density at radius 1 is 1.62 bits per heavy atom. The zero-order chi connectivity index (χ0) is 9.26. The number of hydrogen-bond acceptors (Lipinski definition) is 2. The zero-order valence-electron chi connectivity index (χ0n) is 8.11. The van der Waals surface area contributed by atoms with Crippen LogP contribution in [0.25, 0.3) is 0 Å². The predicted octanol–water partition coefficient (Wildman–Crippen LogP) is 0.558. The smallest absolute Gasteiger partial charge is 0.0387 e. The van der Waals surface area contributed by atoms with Gasteiger partial charge in [-0.15, -0.1) is 0 Å². The van der Waals surface area contributed by atoms with Crippen molar-refractivity contribution in [3.63, 3.8) is 0 Å². The quantitative estimate of drug-likeness (QED) is 0.719. The van der Waals surface area contributed by atoms with Crippen LogP contribution in [0.15, 0.2) is 18.3 Å². The molecule has 3 nitrogen and oxygen atoms in total. The van der Waals surface area contributed by atoms with Crippen LogP contribution in [0.2, 0.25) is 0 Å². The van der Waals surface area contributed by atoms with Gasteiger partial charge in [-0.2, -0.15) is 0 Å².